The third-order valence-electron chi connectivity index (χ3n) is 1.87. The van der Waals surface area contributed by atoms with E-state index in [0.29, 0.717) is 6.07 Å². The molecule has 1 aromatic rings. The first-order chi connectivity index (χ1) is 8.41. The van der Waals surface area contributed by atoms with Crippen LogP contribution in [-0.2, 0) is 9.59 Å². The first-order valence-electron chi connectivity index (χ1n) is 4.77. The normalized spacial score (nSPS) is 10.2. The van der Waals surface area contributed by atoms with Crippen LogP contribution in [0.15, 0.2) is 12.1 Å². The number of amides is 1. The molecule has 0 saturated heterocycles. The lowest BCUT2D eigenvalue weighted by Crippen LogP contribution is -2.32. The van der Waals surface area contributed by atoms with Gasteiger partial charge in [-0.05, 0) is 12.1 Å². The number of carboxylic acid groups (broad SMARTS) is 1. The van der Waals surface area contributed by atoms with E-state index in [1.807, 2.05) is 5.32 Å². The number of carbonyl (C=O) groups excluding carboxylic acids is 1. The molecule has 0 saturated carbocycles. The van der Waals surface area contributed by atoms with Gasteiger partial charge in [-0.2, -0.15) is 0 Å². The lowest BCUT2D eigenvalue weighted by atomic mass is 10.2. The van der Waals surface area contributed by atoms with Gasteiger partial charge in [-0.15, -0.1) is 0 Å². The van der Waals surface area contributed by atoms with Gasteiger partial charge >= 0.3 is 5.97 Å². The molecule has 98 valence electrons. The Morgan fingerprint density at radius 1 is 1.11 bits per heavy atom. The van der Waals surface area contributed by atoms with E-state index in [2.05, 4.69) is 5.32 Å². The van der Waals surface area contributed by atoms with Crippen LogP contribution in [-0.4, -0.2) is 30.1 Å². The zero-order chi connectivity index (χ0) is 13.7. The molecule has 0 fully saturated rings. The molecule has 0 spiro atoms. The minimum Gasteiger partial charge on any atom is -0.480 e. The number of hydrogen-bond donors (Lipinski definition) is 3. The van der Waals surface area contributed by atoms with Gasteiger partial charge in [-0.1, -0.05) is 0 Å². The molecule has 8 heteroatoms. The fourth-order valence-electron chi connectivity index (χ4n) is 1.10. The molecule has 0 radical (unpaired) electrons. The number of benzene rings is 1. The number of hydrogen-bond acceptors (Lipinski definition) is 3. The SMILES string of the molecule is O=C(O)CNCC(=O)Nc1ccc(F)c(F)c1F. The molecule has 5 nitrogen and oxygen atoms in total. The summed E-state index contributed by atoms with van der Waals surface area (Å²) in [5.41, 5.74) is -0.518. The van der Waals surface area contributed by atoms with E-state index in [1.165, 1.54) is 0 Å². The van der Waals surface area contributed by atoms with E-state index in [1.54, 1.807) is 0 Å². The first kappa shape index (κ1) is 14.0. The Kier molecular flexibility index (Phi) is 4.67. The van der Waals surface area contributed by atoms with Gasteiger partial charge in [0.15, 0.2) is 17.5 Å². The first-order valence-corrected chi connectivity index (χ1v) is 4.77. The lowest BCUT2D eigenvalue weighted by Gasteiger charge is -2.07. The van der Waals surface area contributed by atoms with Crippen molar-refractivity contribution in [3.05, 3.63) is 29.6 Å². The maximum Gasteiger partial charge on any atom is 0.317 e. The number of aliphatic carboxylic acids is 1. The fraction of sp³-hybridized carbons (Fsp3) is 0.200. The Bertz CT molecular complexity index is 480. The van der Waals surface area contributed by atoms with E-state index in [9.17, 15) is 22.8 Å². The summed E-state index contributed by atoms with van der Waals surface area (Å²) in [6.45, 7) is -0.849. The predicted molar refractivity (Wildman–Crippen MR) is 55.5 cm³/mol. The van der Waals surface area contributed by atoms with Crippen LogP contribution in [0, 0.1) is 17.5 Å². The van der Waals surface area contributed by atoms with Crippen molar-refractivity contribution in [2.75, 3.05) is 18.4 Å². The van der Waals surface area contributed by atoms with Crippen molar-refractivity contribution in [2.24, 2.45) is 0 Å². The van der Waals surface area contributed by atoms with Crippen molar-refractivity contribution >= 4 is 17.6 Å². The average Bonchev–Trinajstić information content (AvgIpc) is 2.29. The Morgan fingerprint density at radius 2 is 1.78 bits per heavy atom. The summed E-state index contributed by atoms with van der Waals surface area (Å²) in [6.07, 6.45) is 0. The number of anilines is 1. The fourth-order valence-corrected chi connectivity index (χ4v) is 1.10. The molecule has 0 aliphatic carbocycles. The van der Waals surface area contributed by atoms with Crippen LogP contribution in [0.1, 0.15) is 0 Å². The Labute approximate surface area is 99.6 Å². The van der Waals surface area contributed by atoms with Crippen molar-refractivity contribution in [3.8, 4) is 0 Å². The molecule has 1 amide bonds. The molecular weight excluding hydrogens is 253 g/mol. The number of nitrogens with one attached hydrogen (secondary N) is 2. The maximum atomic E-state index is 13.1. The van der Waals surface area contributed by atoms with Gasteiger partial charge < -0.3 is 10.4 Å². The van der Waals surface area contributed by atoms with Gasteiger partial charge in [-0.25, -0.2) is 13.2 Å². The second kappa shape index (κ2) is 6.01. The predicted octanol–water partition coefficient (Wildman–Crippen LogP) is 0.717. The average molecular weight is 262 g/mol. The number of halogens is 3. The minimum absolute atomic E-state index is 0.398. The van der Waals surface area contributed by atoms with E-state index >= 15 is 0 Å². The molecule has 3 N–H and O–H groups in total. The molecule has 0 unspecified atom stereocenters. The molecular formula is C10H9F3N2O3. The van der Waals surface area contributed by atoms with Crippen LogP contribution in [0.3, 0.4) is 0 Å². The summed E-state index contributed by atoms with van der Waals surface area (Å²) >= 11 is 0. The minimum atomic E-state index is -1.69. The number of rotatable bonds is 5. The van der Waals surface area contributed by atoms with Crippen LogP contribution in [0.2, 0.25) is 0 Å². The van der Waals surface area contributed by atoms with Gasteiger partial charge in [0.2, 0.25) is 5.91 Å². The van der Waals surface area contributed by atoms with Crippen molar-refractivity contribution in [3.63, 3.8) is 0 Å². The third-order valence-corrected chi connectivity index (χ3v) is 1.87. The zero-order valence-corrected chi connectivity index (χ0v) is 8.97. The largest absolute Gasteiger partial charge is 0.480 e. The number of carbonyl (C=O) groups is 2. The van der Waals surface area contributed by atoms with E-state index in [-0.39, 0.29) is 0 Å². The van der Waals surface area contributed by atoms with E-state index in [0.717, 1.165) is 6.07 Å². The monoisotopic (exact) mass is 262 g/mol. The van der Waals surface area contributed by atoms with Crippen molar-refractivity contribution in [1.29, 1.82) is 0 Å². The Balaban J connectivity index is 2.60. The quantitative estimate of drug-likeness (QED) is 0.683. The Hall–Kier alpha value is -2.09. The highest BCUT2D eigenvalue weighted by Gasteiger charge is 2.14. The van der Waals surface area contributed by atoms with Crippen LogP contribution in [0.25, 0.3) is 0 Å². The number of carboxylic acids is 1. The summed E-state index contributed by atoms with van der Waals surface area (Å²) in [4.78, 5) is 21.3. The van der Waals surface area contributed by atoms with Gasteiger partial charge in [0, 0.05) is 0 Å². The van der Waals surface area contributed by atoms with Crippen molar-refractivity contribution < 1.29 is 27.9 Å². The highest BCUT2D eigenvalue weighted by molar-refractivity contribution is 5.92. The van der Waals surface area contributed by atoms with Crippen LogP contribution in [0.5, 0.6) is 0 Å². The van der Waals surface area contributed by atoms with Crippen molar-refractivity contribution in [1.82, 2.24) is 5.32 Å². The molecule has 0 bridgehead atoms. The van der Waals surface area contributed by atoms with E-state index < -0.39 is 48.1 Å². The maximum absolute atomic E-state index is 13.1. The standard InChI is InChI=1S/C10H9F3N2O3/c11-5-1-2-6(10(13)9(5)12)15-7(16)3-14-4-8(17)18/h1-2,14H,3-4H2,(H,15,16)(H,17,18). The molecule has 0 aromatic heterocycles. The topological polar surface area (TPSA) is 78.4 Å². The molecule has 1 rings (SSSR count). The highest BCUT2D eigenvalue weighted by atomic mass is 19.2. The van der Waals surface area contributed by atoms with Gasteiger partial charge in [-0.3, -0.25) is 14.9 Å². The van der Waals surface area contributed by atoms with Gasteiger partial charge in [0.1, 0.15) is 0 Å². The molecule has 18 heavy (non-hydrogen) atoms. The van der Waals surface area contributed by atoms with E-state index in [4.69, 9.17) is 5.11 Å². The summed E-state index contributed by atoms with van der Waals surface area (Å²) in [5, 5.41) is 12.5. The second-order valence-corrected chi connectivity index (χ2v) is 3.27. The van der Waals surface area contributed by atoms with Crippen LogP contribution < -0.4 is 10.6 Å². The summed E-state index contributed by atoms with van der Waals surface area (Å²) in [6, 6.07) is 1.53. The van der Waals surface area contributed by atoms with Crippen LogP contribution >= 0.6 is 0 Å². The van der Waals surface area contributed by atoms with Gasteiger partial charge in [0.05, 0.1) is 18.8 Å². The Morgan fingerprint density at radius 3 is 2.39 bits per heavy atom. The molecule has 1 aromatic carbocycles. The zero-order valence-electron chi connectivity index (χ0n) is 8.97. The summed E-state index contributed by atoms with van der Waals surface area (Å²) < 4.78 is 38.5. The molecule has 0 aliphatic heterocycles. The lowest BCUT2D eigenvalue weighted by molar-refractivity contribution is -0.135. The second-order valence-electron chi connectivity index (χ2n) is 3.27. The summed E-state index contributed by atoms with van der Waals surface area (Å²) in [5.74, 6) is -6.51. The molecule has 0 heterocycles. The summed E-state index contributed by atoms with van der Waals surface area (Å²) in [7, 11) is 0. The highest BCUT2D eigenvalue weighted by Crippen LogP contribution is 2.19. The smallest absolute Gasteiger partial charge is 0.317 e. The third kappa shape index (κ3) is 3.74. The molecule has 0 atom stereocenters. The molecule has 0 aliphatic rings. The van der Waals surface area contributed by atoms with Crippen LogP contribution in [0.4, 0.5) is 18.9 Å². The van der Waals surface area contributed by atoms with Crippen molar-refractivity contribution in [2.45, 2.75) is 0 Å². The van der Waals surface area contributed by atoms with Gasteiger partial charge in [0.25, 0.3) is 0 Å².